The predicted octanol–water partition coefficient (Wildman–Crippen LogP) is 3.16. The molecule has 1 aromatic rings. The van der Waals surface area contributed by atoms with Gasteiger partial charge in [-0.05, 0) is 31.2 Å². The molecule has 1 rings (SSSR count). The van der Waals surface area contributed by atoms with Gasteiger partial charge < -0.3 is 4.74 Å². The molecule has 0 spiro atoms. The summed E-state index contributed by atoms with van der Waals surface area (Å²) in [4.78, 5) is 11.0. The summed E-state index contributed by atoms with van der Waals surface area (Å²) >= 11 is 3.22. The van der Waals surface area contributed by atoms with Gasteiger partial charge >= 0.3 is 5.97 Å². The van der Waals surface area contributed by atoms with E-state index >= 15 is 0 Å². The molecule has 0 N–H and O–H groups in total. The van der Waals surface area contributed by atoms with Crippen LogP contribution in [0.25, 0.3) is 6.08 Å². The molecule has 2 nitrogen and oxygen atoms in total. The summed E-state index contributed by atoms with van der Waals surface area (Å²) in [7, 11) is 0. The number of ether oxygens (including phenoxy) is 1. The highest BCUT2D eigenvalue weighted by Gasteiger charge is 2.00. The van der Waals surface area contributed by atoms with Gasteiger partial charge in [-0.15, -0.1) is 0 Å². The lowest BCUT2D eigenvalue weighted by Crippen LogP contribution is -1.98. The zero-order valence-corrected chi connectivity index (χ0v) is 9.75. The van der Waals surface area contributed by atoms with Crippen LogP contribution in [0.5, 0.6) is 0 Å². The Morgan fingerprint density at radius 2 is 2.33 bits per heavy atom. The Kier molecular flexibility index (Phi) is 4.49. The van der Waals surface area contributed by atoms with Crippen molar-refractivity contribution in [3.8, 4) is 0 Å². The van der Waals surface area contributed by atoms with Crippen LogP contribution in [0.15, 0.2) is 28.7 Å². The minimum absolute atomic E-state index is 0.310. The quantitative estimate of drug-likeness (QED) is 0.624. The van der Waals surface area contributed by atoms with Crippen LogP contribution >= 0.6 is 15.9 Å². The van der Waals surface area contributed by atoms with Crippen molar-refractivity contribution >= 4 is 28.0 Å². The molecule has 0 atom stereocenters. The zero-order chi connectivity index (χ0) is 11.3. The number of carbonyl (C=O) groups is 1. The molecule has 0 saturated carbocycles. The first-order valence-electron chi connectivity index (χ1n) is 4.43. The fourth-order valence-corrected chi connectivity index (χ4v) is 1.37. The van der Waals surface area contributed by atoms with Crippen molar-refractivity contribution in [1.82, 2.24) is 0 Å². The second-order valence-corrected chi connectivity index (χ2v) is 3.67. The van der Waals surface area contributed by atoms with Crippen molar-refractivity contribution in [2.75, 3.05) is 6.61 Å². The zero-order valence-electron chi connectivity index (χ0n) is 8.17. The van der Waals surface area contributed by atoms with Gasteiger partial charge in [-0.2, -0.15) is 0 Å². The maximum absolute atomic E-state index is 13.2. The highest BCUT2D eigenvalue weighted by atomic mass is 79.9. The highest BCUT2D eigenvalue weighted by Crippen LogP contribution is 2.16. The first kappa shape index (κ1) is 11.9. The number of hydrogen-bond donors (Lipinski definition) is 0. The second-order valence-electron chi connectivity index (χ2n) is 2.75. The highest BCUT2D eigenvalue weighted by molar-refractivity contribution is 9.10. The van der Waals surface area contributed by atoms with E-state index in [1.54, 1.807) is 19.1 Å². The average Bonchev–Trinajstić information content (AvgIpc) is 2.20. The minimum Gasteiger partial charge on any atom is -0.463 e. The standard InChI is InChI=1S/C11H10BrFO2/c1-2-15-11(14)6-3-8-7-9(12)4-5-10(8)13/h3-7H,2H2,1H3. The third-order valence-electron chi connectivity index (χ3n) is 1.64. The summed E-state index contributed by atoms with van der Waals surface area (Å²) in [6, 6.07) is 4.51. The van der Waals surface area contributed by atoms with Gasteiger partial charge in [0.15, 0.2) is 0 Å². The summed E-state index contributed by atoms with van der Waals surface area (Å²) in [5, 5.41) is 0. The topological polar surface area (TPSA) is 26.3 Å². The van der Waals surface area contributed by atoms with E-state index in [0.717, 1.165) is 4.47 Å². The number of carbonyl (C=O) groups excluding carboxylic acids is 1. The lowest BCUT2D eigenvalue weighted by atomic mass is 10.2. The Labute approximate surface area is 95.9 Å². The summed E-state index contributed by atoms with van der Waals surface area (Å²) in [6.45, 7) is 2.02. The summed E-state index contributed by atoms with van der Waals surface area (Å²) in [5.74, 6) is -0.851. The normalized spacial score (nSPS) is 10.6. The van der Waals surface area contributed by atoms with Crippen molar-refractivity contribution in [1.29, 1.82) is 0 Å². The molecular weight excluding hydrogens is 263 g/mol. The first-order chi connectivity index (χ1) is 7.13. The molecule has 80 valence electrons. The largest absolute Gasteiger partial charge is 0.463 e. The molecule has 0 fully saturated rings. The van der Waals surface area contributed by atoms with E-state index in [0.29, 0.717) is 12.2 Å². The molecule has 0 radical (unpaired) electrons. The maximum Gasteiger partial charge on any atom is 0.330 e. The van der Waals surface area contributed by atoms with E-state index in [-0.39, 0.29) is 5.82 Å². The smallest absolute Gasteiger partial charge is 0.330 e. The van der Waals surface area contributed by atoms with Crippen molar-refractivity contribution in [2.45, 2.75) is 6.92 Å². The average molecular weight is 273 g/mol. The van der Waals surface area contributed by atoms with Crippen LogP contribution in [0.4, 0.5) is 4.39 Å². The number of hydrogen-bond acceptors (Lipinski definition) is 2. The number of halogens is 2. The molecule has 0 amide bonds. The van der Waals surface area contributed by atoms with E-state index in [4.69, 9.17) is 0 Å². The van der Waals surface area contributed by atoms with Crippen LogP contribution in [0.1, 0.15) is 12.5 Å². The molecule has 15 heavy (non-hydrogen) atoms. The number of esters is 1. The van der Waals surface area contributed by atoms with Crippen LogP contribution < -0.4 is 0 Å². The van der Waals surface area contributed by atoms with E-state index in [2.05, 4.69) is 20.7 Å². The number of rotatable bonds is 3. The van der Waals surface area contributed by atoms with Gasteiger partial charge in [-0.25, -0.2) is 9.18 Å². The molecule has 0 aliphatic heterocycles. The van der Waals surface area contributed by atoms with Gasteiger partial charge in [-0.1, -0.05) is 15.9 Å². The molecular formula is C11H10BrFO2. The van der Waals surface area contributed by atoms with Crippen LogP contribution in [0.3, 0.4) is 0 Å². The molecule has 0 aliphatic carbocycles. The summed E-state index contributed by atoms with van der Waals surface area (Å²) in [6.07, 6.45) is 2.59. The minimum atomic E-state index is -0.475. The van der Waals surface area contributed by atoms with Gasteiger partial charge in [0.05, 0.1) is 6.61 Å². The van der Waals surface area contributed by atoms with Gasteiger partial charge in [0.25, 0.3) is 0 Å². The first-order valence-corrected chi connectivity index (χ1v) is 5.22. The third-order valence-corrected chi connectivity index (χ3v) is 2.14. The van der Waals surface area contributed by atoms with E-state index in [1.807, 2.05) is 0 Å². The summed E-state index contributed by atoms with van der Waals surface area (Å²) in [5.41, 5.74) is 0.345. The Balaban J connectivity index is 2.79. The van der Waals surface area contributed by atoms with E-state index in [1.165, 1.54) is 18.2 Å². The molecule has 1 aromatic carbocycles. The number of benzene rings is 1. The van der Waals surface area contributed by atoms with Crippen LogP contribution in [-0.2, 0) is 9.53 Å². The van der Waals surface area contributed by atoms with Gasteiger partial charge in [-0.3, -0.25) is 0 Å². The maximum atomic E-state index is 13.2. The summed E-state index contributed by atoms with van der Waals surface area (Å²) < 4.78 is 18.6. The Bertz CT molecular complexity index is 388. The Morgan fingerprint density at radius 3 is 3.00 bits per heavy atom. The van der Waals surface area contributed by atoms with Crippen LogP contribution in [0.2, 0.25) is 0 Å². The van der Waals surface area contributed by atoms with E-state index < -0.39 is 5.97 Å². The van der Waals surface area contributed by atoms with Crippen LogP contribution in [-0.4, -0.2) is 12.6 Å². The molecule has 0 bridgehead atoms. The van der Waals surface area contributed by atoms with Crippen molar-refractivity contribution in [2.24, 2.45) is 0 Å². The molecule has 4 heteroatoms. The molecule has 0 heterocycles. The van der Waals surface area contributed by atoms with Crippen molar-refractivity contribution in [3.63, 3.8) is 0 Å². The Hall–Kier alpha value is -1.16. The SMILES string of the molecule is CCOC(=O)C=Cc1cc(Br)ccc1F. The predicted molar refractivity (Wildman–Crippen MR) is 59.8 cm³/mol. The van der Waals surface area contributed by atoms with Crippen molar-refractivity contribution in [3.05, 3.63) is 40.1 Å². The van der Waals surface area contributed by atoms with E-state index in [9.17, 15) is 9.18 Å². The molecule has 0 saturated heterocycles. The Morgan fingerprint density at radius 1 is 1.60 bits per heavy atom. The molecule has 0 unspecified atom stereocenters. The van der Waals surface area contributed by atoms with Gasteiger partial charge in [0.2, 0.25) is 0 Å². The van der Waals surface area contributed by atoms with Gasteiger partial charge in [0.1, 0.15) is 5.82 Å². The van der Waals surface area contributed by atoms with Crippen molar-refractivity contribution < 1.29 is 13.9 Å². The van der Waals surface area contributed by atoms with Crippen LogP contribution in [0, 0.1) is 5.82 Å². The lowest BCUT2D eigenvalue weighted by Gasteiger charge is -1.98. The monoisotopic (exact) mass is 272 g/mol. The fraction of sp³-hybridized carbons (Fsp3) is 0.182. The van der Waals surface area contributed by atoms with Gasteiger partial charge in [0, 0.05) is 16.1 Å². The molecule has 0 aromatic heterocycles. The fourth-order valence-electron chi connectivity index (χ4n) is 0.991. The molecule has 0 aliphatic rings. The third kappa shape index (κ3) is 3.83. The lowest BCUT2D eigenvalue weighted by molar-refractivity contribution is -0.137. The second kappa shape index (κ2) is 5.66.